The molecule has 0 aliphatic carbocycles. The molecule has 4 heteroatoms. The van der Waals surface area contributed by atoms with Crippen LogP contribution in [0.15, 0.2) is 24.3 Å². The Kier molecular flexibility index (Phi) is 2.87. The zero-order valence-corrected chi connectivity index (χ0v) is 8.70. The largest absolute Gasteiger partial charge is 0.393 e. The molecule has 0 saturated heterocycles. The number of rotatable bonds is 4. The molecule has 1 unspecified atom stereocenters. The van der Waals surface area contributed by atoms with Crippen LogP contribution in [0.25, 0.3) is 11.0 Å². The maximum atomic E-state index is 9.10. The predicted molar refractivity (Wildman–Crippen MR) is 60.9 cm³/mol. The number of H-pyrrole nitrogens is 1. The first-order chi connectivity index (χ1) is 7.25. The Bertz CT molecular complexity index is 403. The quantitative estimate of drug-likeness (QED) is 0.712. The average Bonchev–Trinajstić information content (AvgIpc) is 2.59. The molecule has 2 aromatic rings. The number of benzene rings is 1. The lowest BCUT2D eigenvalue weighted by Gasteiger charge is -2.04. The molecule has 0 spiro atoms. The number of hydrogen-bond donors (Lipinski definition) is 3. The van der Waals surface area contributed by atoms with Gasteiger partial charge in [0.2, 0.25) is 5.95 Å². The number of para-hydroxylation sites is 2. The highest BCUT2D eigenvalue weighted by atomic mass is 16.3. The van der Waals surface area contributed by atoms with E-state index in [0.29, 0.717) is 0 Å². The molecule has 1 aromatic carbocycles. The van der Waals surface area contributed by atoms with Crippen molar-refractivity contribution in [1.29, 1.82) is 0 Å². The van der Waals surface area contributed by atoms with Gasteiger partial charge in [-0.25, -0.2) is 4.98 Å². The third kappa shape index (κ3) is 2.47. The molecule has 1 heterocycles. The molecule has 1 aromatic heterocycles. The smallest absolute Gasteiger partial charge is 0.201 e. The van der Waals surface area contributed by atoms with Crippen LogP contribution in [0.5, 0.6) is 0 Å². The maximum Gasteiger partial charge on any atom is 0.201 e. The lowest BCUT2D eigenvalue weighted by Crippen LogP contribution is -2.10. The summed E-state index contributed by atoms with van der Waals surface area (Å²) in [6.07, 6.45) is 0.443. The van der Waals surface area contributed by atoms with Crippen LogP contribution in [-0.4, -0.2) is 27.7 Å². The number of aromatic nitrogens is 2. The summed E-state index contributed by atoms with van der Waals surface area (Å²) in [4.78, 5) is 7.53. The molecule has 0 aliphatic rings. The highest BCUT2D eigenvalue weighted by Gasteiger charge is 2.01. The maximum absolute atomic E-state index is 9.10. The highest BCUT2D eigenvalue weighted by molar-refractivity contribution is 5.77. The first-order valence-corrected chi connectivity index (χ1v) is 5.12. The predicted octanol–water partition coefficient (Wildman–Crippen LogP) is 1.75. The van der Waals surface area contributed by atoms with E-state index in [4.69, 9.17) is 5.11 Å². The Hall–Kier alpha value is -1.55. The number of imidazole rings is 1. The molecule has 80 valence electrons. The van der Waals surface area contributed by atoms with E-state index in [-0.39, 0.29) is 6.10 Å². The summed E-state index contributed by atoms with van der Waals surface area (Å²) in [5.41, 5.74) is 1.98. The summed E-state index contributed by atoms with van der Waals surface area (Å²) < 4.78 is 0. The second-order valence-electron chi connectivity index (χ2n) is 3.67. The van der Waals surface area contributed by atoms with E-state index in [2.05, 4.69) is 15.3 Å². The second-order valence-corrected chi connectivity index (χ2v) is 3.67. The number of aliphatic hydroxyl groups excluding tert-OH is 1. The van der Waals surface area contributed by atoms with Crippen molar-refractivity contribution in [2.45, 2.75) is 19.4 Å². The van der Waals surface area contributed by atoms with E-state index in [1.807, 2.05) is 24.3 Å². The Morgan fingerprint density at radius 1 is 1.47 bits per heavy atom. The summed E-state index contributed by atoms with van der Waals surface area (Å²) in [6.45, 7) is 2.50. The van der Waals surface area contributed by atoms with Gasteiger partial charge in [-0.15, -0.1) is 0 Å². The van der Waals surface area contributed by atoms with Crippen molar-refractivity contribution < 1.29 is 5.11 Å². The van der Waals surface area contributed by atoms with E-state index < -0.39 is 0 Å². The number of hydrogen-bond acceptors (Lipinski definition) is 3. The van der Waals surface area contributed by atoms with Crippen LogP contribution >= 0.6 is 0 Å². The molecule has 3 N–H and O–H groups in total. The first kappa shape index (κ1) is 9.98. The molecule has 2 rings (SSSR count). The molecule has 1 atom stereocenters. The minimum absolute atomic E-state index is 0.276. The van der Waals surface area contributed by atoms with Crippen molar-refractivity contribution in [3.05, 3.63) is 24.3 Å². The van der Waals surface area contributed by atoms with Gasteiger partial charge in [0.05, 0.1) is 17.1 Å². The van der Waals surface area contributed by atoms with Gasteiger partial charge in [0, 0.05) is 6.54 Å². The van der Waals surface area contributed by atoms with Gasteiger partial charge in [0.25, 0.3) is 0 Å². The van der Waals surface area contributed by atoms with Crippen molar-refractivity contribution >= 4 is 17.0 Å². The van der Waals surface area contributed by atoms with Crippen LogP contribution in [0, 0.1) is 0 Å². The second kappa shape index (κ2) is 4.31. The lowest BCUT2D eigenvalue weighted by molar-refractivity contribution is 0.188. The molecule has 0 amide bonds. The van der Waals surface area contributed by atoms with Gasteiger partial charge in [-0.2, -0.15) is 0 Å². The Labute approximate surface area is 88.3 Å². The van der Waals surface area contributed by atoms with Crippen molar-refractivity contribution in [2.75, 3.05) is 11.9 Å². The topological polar surface area (TPSA) is 60.9 Å². The van der Waals surface area contributed by atoms with Crippen molar-refractivity contribution in [2.24, 2.45) is 0 Å². The normalized spacial score (nSPS) is 12.9. The number of anilines is 1. The third-order valence-corrected chi connectivity index (χ3v) is 2.24. The Balaban J connectivity index is 2.03. The van der Waals surface area contributed by atoms with Crippen molar-refractivity contribution in [3.8, 4) is 0 Å². The van der Waals surface area contributed by atoms with Crippen molar-refractivity contribution in [1.82, 2.24) is 9.97 Å². The summed E-state index contributed by atoms with van der Waals surface area (Å²) in [5, 5.41) is 12.2. The average molecular weight is 205 g/mol. The number of nitrogens with one attached hydrogen (secondary N) is 2. The molecular formula is C11H15N3O. The van der Waals surface area contributed by atoms with Gasteiger partial charge in [-0.3, -0.25) is 0 Å². The van der Waals surface area contributed by atoms with Gasteiger partial charge >= 0.3 is 0 Å². The molecule has 0 fully saturated rings. The van der Waals surface area contributed by atoms with E-state index in [9.17, 15) is 0 Å². The van der Waals surface area contributed by atoms with Crippen LogP contribution in [0.3, 0.4) is 0 Å². The molecule has 0 aliphatic heterocycles. The SMILES string of the molecule is CC(O)CCNc1nc2ccccc2[nH]1. The van der Waals surface area contributed by atoms with Crippen LogP contribution in [0.2, 0.25) is 0 Å². The van der Waals surface area contributed by atoms with E-state index in [0.717, 1.165) is 29.9 Å². The van der Waals surface area contributed by atoms with Crippen LogP contribution in [-0.2, 0) is 0 Å². The first-order valence-electron chi connectivity index (χ1n) is 5.12. The molecule has 4 nitrogen and oxygen atoms in total. The fraction of sp³-hybridized carbons (Fsp3) is 0.364. The zero-order chi connectivity index (χ0) is 10.7. The van der Waals surface area contributed by atoms with Gasteiger partial charge in [-0.1, -0.05) is 12.1 Å². The zero-order valence-electron chi connectivity index (χ0n) is 8.70. The molecule has 0 saturated carbocycles. The van der Waals surface area contributed by atoms with E-state index in [1.54, 1.807) is 6.92 Å². The minimum atomic E-state index is -0.276. The van der Waals surface area contributed by atoms with Crippen LogP contribution in [0.4, 0.5) is 5.95 Å². The number of fused-ring (bicyclic) bond motifs is 1. The number of aromatic amines is 1. The van der Waals surface area contributed by atoms with E-state index in [1.165, 1.54) is 0 Å². The Morgan fingerprint density at radius 3 is 3.00 bits per heavy atom. The fourth-order valence-electron chi connectivity index (χ4n) is 1.44. The summed E-state index contributed by atoms with van der Waals surface area (Å²) >= 11 is 0. The molecular weight excluding hydrogens is 190 g/mol. The lowest BCUT2D eigenvalue weighted by atomic mass is 10.3. The van der Waals surface area contributed by atoms with Gasteiger partial charge in [0.15, 0.2) is 0 Å². The molecule has 0 radical (unpaired) electrons. The third-order valence-electron chi connectivity index (χ3n) is 2.24. The summed E-state index contributed by atoms with van der Waals surface area (Å²) in [6, 6.07) is 7.89. The van der Waals surface area contributed by atoms with Gasteiger partial charge in [0.1, 0.15) is 0 Å². The van der Waals surface area contributed by atoms with Crippen molar-refractivity contribution in [3.63, 3.8) is 0 Å². The monoisotopic (exact) mass is 205 g/mol. The van der Waals surface area contributed by atoms with Gasteiger partial charge < -0.3 is 15.4 Å². The minimum Gasteiger partial charge on any atom is -0.393 e. The van der Waals surface area contributed by atoms with Crippen LogP contribution < -0.4 is 5.32 Å². The highest BCUT2D eigenvalue weighted by Crippen LogP contribution is 2.12. The molecule has 0 bridgehead atoms. The fourth-order valence-corrected chi connectivity index (χ4v) is 1.44. The Morgan fingerprint density at radius 2 is 2.27 bits per heavy atom. The van der Waals surface area contributed by atoms with E-state index >= 15 is 0 Å². The summed E-state index contributed by atoms with van der Waals surface area (Å²) in [5.74, 6) is 0.761. The standard InChI is InChI=1S/C11H15N3O/c1-8(15)6-7-12-11-13-9-4-2-3-5-10(9)14-11/h2-5,8,15H,6-7H2,1H3,(H2,12,13,14). The summed E-state index contributed by atoms with van der Waals surface area (Å²) in [7, 11) is 0. The van der Waals surface area contributed by atoms with Crippen LogP contribution in [0.1, 0.15) is 13.3 Å². The number of nitrogens with zero attached hydrogens (tertiary/aromatic N) is 1. The van der Waals surface area contributed by atoms with Gasteiger partial charge in [-0.05, 0) is 25.5 Å². The molecule has 15 heavy (non-hydrogen) atoms. The number of aliphatic hydroxyl groups is 1.